The monoisotopic (exact) mass is 459 g/mol. The van der Waals surface area contributed by atoms with Crippen LogP contribution in [0.1, 0.15) is 16.7 Å². The van der Waals surface area contributed by atoms with Crippen LogP contribution in [0.15, 0.2) is 84.0 Å². The van der Waals surface area contributed by atoms with Crippen molar-refractivity contribution in [3.05, 3.63) is 101 Å². The van der Waals surface area contributed by atoms with Crippen molar-refractivity contribution in [1.82, 2.24) is 14.8 Å². The maximum absolute atomic E-state index is 13.0. The summed E-state index contributed by atoms with van der Waals surface area (Å²) in [7, 11) is 0. The van der Waals surface area contributed by atoms with Crippen LogP contribution >= 0.6 is 23.4 Å². The molecule has 0 unspecified atom stereocenters. The molecule has 0 radical (unpaired) electrons. The first-order chi connectivity index (χ1) is 14.9. The first-order valence-electron chi connectivity index (χ1n) is 9.42. The molecular formula is C23H17ClF3N3S. The number of halogens is 4. The van der Waals surface area contributed by atoms with Gasteiger partial charge in [0.1, 0.15) is 0 Å². The molecule has 0 saturated carbocycles. The van der Waals surface area contributed by atoms with E-state index >= 15 is 0 Å². The van der Waals surface area contributed by atoms with Crippen LogP contribution in [0, 0.1) is 0 Å². The Balaban J connectivity index is 1.63. The van der Waals surface area contributed by atoms with E-state index in [0.29, 0.717) is 33.9 Å². The van der Waals surface area contributed by atoms with Crippen molar-refractivity contribution in [2.24, 2.45) is 0 Å². The van der Waals surface area contributed by atoms with E-state index in [1.165, 1.54) is 23.9 Å². The van der Waals surface area contributed by atoms with Crippen molar-refractivity contribution in [3.63, 3.8) is 0 Å². The molecule has 1 aromatic heterocycles. The Kier molecular flexibility index (Phi) is 6.34. The van der Waals surface area contributed by atoms with Crippen LogP contribution in [0.4, 0.5) is 13.2 Å². The third-order valence-corrected chi connectivity index (χ3v) is 5.91. The number of rotatable bonds is 6. The van der Waals surface area contributed by atoms with E-state index in [-0.39, 0.29) is 0 Å². The lowest BCUT2D eigenvalue weighted by molar-refractivity contribution is -0.137. The lowest BCUT2D eigenvalue weighted by atomic mass is 10.1. The Morgan fingerprint density at radius 3 is 2.26 bits per heavy atom. The number of aromatic nitrogens is 3. The molecule has 0 fully saturated rings. The third-order valence-electron chi connectivity index (χ3n) is 4.63. The van der Waals surface area contributed by atoms with Gasteiger partial charge in [0, 0.05) is 16.3 Å². The van der Waals surface area contributed by atoms with Gasteiger partial charge in [-0.15, -0.1) is 10.2 Å². The standard InChI is InChI=1S/C23H17ClF3N3S/c24-20-11-9-18(10-12-20)21-28-29-22(30(21)14-16-5-2-1-3-6-16)31-15-17-7-4-8-19(13-17)23(25,26)27/h1-13H,14-15H2. The normalized spacial score (nSPS) is 11.6. The quantitative estimate of drug-likeness (QED) is 0.292. The summed E-state index contributed by atoms with van der Waals surface area (Å²) in [6.07, 6.45) is -4.37. The molecule has 0 aliphatic carbocycles. The van der Waals surface area contributed by atoms with E-state index in [4.69, 9.17) is 11.6 Å². The summed E-state index contributed by atoms with van der Waals surface area (Å²) >= 11 is 7.36. The number of hydrogen-bond donors (Lipinski definition) is 0. The molecule has 4 rings (SSSR count). The van der Waals surface area contributed by atoms with Gasteiger partial charge in [-0.1, -0.05) is 71.9 Å². The molecule has 0 aliphatic heterocycles. The minimum Gasteiger partial charge on any atom is -0.298 e. The van der Waals surface area contributed by atoms with E-state index in [2.05, 4.69) is 10.2 Å². The second-order valence-corrected chi connectivity index (χ2v) is 8.25. The van der Waals surface area contributed by atoms with Crippen molar-refractivity contribution in [2.45, 2.75) is 23.6 Å². The van der Waals surface area contributed by atoms with E-state index in [1.807, 2.05) is 47.0 Å². The van der Waals surface area contributed by atoms with Gasteiger partial charge in [-0.05, 0) is 41.5 Å². The molecule has 3 aromatic carbocycles. The Hall–Kier alpha value is -2.77. The van der Waals surface area contributed by atoms with Crippen molar-refractivity contribution < 1.29 is 13.2 Å². The molecule has 0 N–H and O–H groups in total. The zero-order valence-electron chi connectivity index (χ0n) is 16.2. The molecule has 0 bridgehead atoms. The summed E-state index contributed by atoms with van der Waals surface area (Å²) in [5.74, 6) is 1.02. The average molecular weight is 460 g/mol. The molecule has 158 valence electrons. The smallest absolute Gasteiger partial charge is 0.298 e. The number of nitrogens with zero attached hydrogens (tertiary/aromatic N) is 3. The van der Waals surface area contributed by atoms with E-state index < -0.39 is 11.7 Å². The minimum atomic E-state index is -4.37. The molecule has 0 amide bonds. The average Bonchev–Trinajstić information content (AvgIpc) is 3.15. The van der Waals surface area contributed by atoms with Crippen LogP contribution in [0.25, 0.3) is 11.4 Å². The van der Waals surface area contributed by atoms with Crippen LogP contribution < -0.4 is 0 Å². The van der Waals surface area contributed by atoms with Crippen LogP contribution in [0.2, 0.25) is 5.02 Å². The van der Waals surface area contributed by atoms with Gasteiger partial charge in [0.25, 0.3) is 0 Å². The van der Waals surface area contributed by atoms with Crippen LogP contribution in [-0.2, 0) is 18.5 Å². The number of hydrogen-bond acceptors (Lipinski definition) is 3. The molecule has 1 heterocycles. The lowest BCUT2D eigenvalue weighted by Gasteiger charge is -2.11. The van der Waals surface area contributed by atoms with Crippen molar-refractivity contribution in [2.75, 3.05) is 0 Å². The first kappa shape index (κ1) is 21.5. The van der Waals surface area contributed by atoms with Gasteiger partial charge in [0.15, 0.2) is 11.0 Å². The van der Waals surface area contributed by atoms with Gasteiger partial charge < -0.3 is 0 Å². The van der Waals surface area contributed by atoms with Crippen molar-refractivity contribution >= 4 is 23.4 Å². The van der Waals surface area contributed by atoms with E-state index in [0.717, 1.165) is 17.2 Å². The second-order valence-electron chi connectivity index (χ2n) is 6.87. The first-order valence-corrected chi connectivity index (χ1v) is 10.8. The van der Waals surface area contributed by atoms with E-state index in [1.54, 1.807) is 18.2 Å². The zero-order chi connectivity index (χ0) is 21.8. The summed E-state index contributed by atoms with van der Waals surface area (Å²) in [6, 6.07) is 22.5. The molecule has 0 saturated heterocycles. The number of benzene rings is 3. The highest BCUT2D eigenvalue weighted by Crippen LogP contribution is 2.32. The van der Waals surface area contributed by atoms with Gasteiger partial charge in [0.2, 0.25) is 0 Å². The molecule has 4 aromatic rings. The fourth-order valence-corrected chi connectivity index (χ4v) is 4.11. The van der Waals surface area contributed by atoms with Gasteiger partial charge >= 0.3 is 6.18 Å². The van der Waals surface area contributed by atoms with Crippen LogP contribution in [-0.4, -0.2) is 14.8 Å². The molecule has 0 atom stereocenters. The van der Waals surface area contributed by atoms with Gasteiger partial charge in [-0.3, -0.25) is 4.57 Å². The van der Waals surface area contributed by atoms with Gasteiger partial charge in [-0.25, -0.2) is 0 Å². The summed E-state index contributed by atoms with van der Waals surface area (Å²) in [5.41, 5.74) is 1.84. The molecular weight excluding hydrogens is 443 g/mol. The molecule has 0 aliphatic rings. The van der Waals surface area contributed by atoms with Crippen molar-refractivity contribution in [3.8, 4) is 11.4 Å². The minimum absolute atomic E-state index is 0.345. The lowest BCUT2D eigenvalue weighted by Crippen LogP contribution is -2.05. The predicted molar refractivity (Wildman–Crippen MR) is 117 cm³/mol. The Morgan fingerprint density at radius 2 is 1.55 bits per heavy atom. The number of thioether (sulfide) groups is 1. The second kappa shape index (κ2) is 9.16. The maximum Gasteiger partial charge on any atom is 0.416 e. The Morgan fingerprint density at radius 1 is 0.839 bits per heavy atom. The molecule has 0 spiro atoms. The molecule has 3 nitrogen and oxygen atoms in total. The third kappa shape index (κ3) is 5.29. The Bertz CT molecular complexity index is 1160. The molecule has 31 heavy (non-hydrogen) atoms. The SMILES string of the molecule is FC(F)(F)c1cccc(CSc2nnc(-c3ccc(Cl)cc3)n2Cc2ccccc2)c1. The highest BCUT2D eigenvalue weighted by Gasteiger charge is 2.30. The summed E-state index contributed by atoms with van der Waals surface area (Å²) in [4.78, 5) is 0. The fraction of sp³-hybridized carbons (Fsp3) is 0.130. The molecule has 8 heteroatoms. The Labute approximate surface area is 186 Å². The highest BCUT2D eigenvalue weighted by molar-refractivity contribution is 7.98. The topological polar surface area (TPSA) is 30.7 Å². The largest absolute Gasteiger partial charge is 0.416 e. The van der Waals surface area contributed by atoms with Gasteiger partial charge in [-0.2, -0.15) is 13.2 Å². The summed E-state index contributed by atoms with van der Waals surface area (Å²) < 4.78 is 41.0. The van der Waals surface area contributed by atoms with E-state index in [9.17, 15) is 13.2 Å². The number of alkyl halides is 3. The fourth-order valence-electron chi connectivity index (χ4n) is 3.10. The van der Waals surface area contributed by atoms with Crippen molar-refractivity contribution in [1.29, 1.82) is 0 Å². The maximum atomic E-state index is 13.0. The highest BCUT2D eigenvalue weighted by atomic mass is 35.5. The van der Waals surface area contributed by atoms with Crippen LogP contribution in [0.3, 0.4) is 0 Å². The summed E-state index contributed by atoms with van der Waals surface area (Å²) in [6.45, 7) is 0.538. The predicted octanol–water partition coefficient (Wildman–Crippen LogP) is 6.96. The zero-order valence-corrected chi connectivity index (χ0v) is 17.8. The summed E-state index contributed by atoms with van der Waals surface area (Å²) in [5, 5.41) is 9.92. The van der Waals surface area contributed by atoms with Crippen LogP contribution in [0.5, 0.6) is 0 Å². The van der Waals surface area contributed by atoms with Gasteiger partial charge in [0.05, 0.1) is 12.1 Å².